The highest BCUT2D eigenvalue weighted by Gasteiger charge is 2.25. The van der Waals surface area contributed by atoms with Crippen LogP contribution in [0.2, 0.25) is 5.02 Å². The molecule has 0 aliphatic carbocycles. The fourth-order valence-electron chi connectivity index (χ4n) is 2.91. The molecule has 25 heavy (non-hydrogen) atoms. The molecule has 1 aromatic carbocycles. The maximum Gasteiger partial charge on any atom is 0.272 e. The number of nitrogens with zero attached hydrogens (tertiary/aromatic N) is 2. The maximum atomic E-state index is 12.6. The Balaban J connectivity index is 1.64. The first-order chi connectivity index (χ1) is 12.2. The van der Waals surface area contributed by atoms with Gasteiger partial charge in [0.1, 0.15) is 0 Å². The van der Waals surface area contributed by atoms with E-state index < -0.39 is 0 Å². The van der Waals surface area contributed by atoms with E-state index in [1.54, 1.807) is 7.11 Å². The number of fused-ring (bicyclic) bond motifs is 1. The third-order valence-electron chi connectivity index (χ3n) is 4.23. The number of nitrogens with one attached hydrogen (secondary N) is 1. The highest BCUT2D eigenvalue weighted by molar-refractivity contribution is 6.30. The first-order valence-electron chi connectivity index (χ1n) is 8.37. The third-order valence-corrected chi connectivity index (χ3v) is 4.48. The Bertz CT molecular complexity index is 728. The molecule has 134 valence electrons. The molecule has 1 aliphatic heterocycles. The number of hydrogen-bond donors (Lipinski definition) is 1. The van der Waals surface area contributed by atoms with E-state index in [1.165, 1.54) is 0 Å². The van der Waals surface area contributed by atoms with E-state index in [2.05, 4.69) is 10.4 Å². The zero-order valence-electron chi connectivity index (χ0n) is 14.3. The molecular weight excluding hydrogens is 342 g/mol. The zero-order valence-corrected chi connectivity index (χ0v) is 15.0. The van der Waals surface area contributed by atoms with Gasteiger partial charge in [-0.2, -0.15) is 5.10 Å². The minimum Gasteiger partial charge on any atom is -0.383 e. The highest BCUT2D eigenvalue weighted by Crippen LogP contribution is 2.21. The van der Waals surface area contributed by atoms with Crippen molar-refractivity contribution in [1.29, 1.82) is 0 Å². The smallest absolute Gasteiger partial charge is 0.272 e. The average molecular weight is 364 g/mol. The molecule has 0 saturated carbocycles. The van der Waals surface area contributed by atoms with E-state index in [1.807, 2.05) is 28.9 Å². The van der Waals surface area contributed by atoms with Crippen molar-refractivity contribution < 1.29 is 14.3 Å². The Kier molecular flexibility index (Phi) is 6.07. The molecule has 0 atom stereocenters. The van der Waals surface area contributed by atoms with Crippen LogP contribution in [0.15, 0.2) is 24.3 Å². The molecule has 2 heterocycles. The molecule has 1 N–H and O–H groups in total. The summed E-state index contributed by atoms with van der Waals surface area (Å²) in [7, 11) is 1.66. The highest BCUT2D eigenvalue weighted by atomic mass is 35.5. The van der Waals surface area contributed by atoms with Crippen molar-refractivity contribution in [2.75, 3.05) is 26.9 Å². The van der Waals surface area contributed by atoms with Crippen LogP contribution in [0, 0.1) is 0 Å². The van der Waals surface area contributed by atoms with Crippen LogP contribution in [0.25, 0.3) is 0 Å². The third kappa shape index (κ3) is 4.39. The van der Waals surface area contributed by atoms with Crippen LogP contribution < -0.4 is 5.32 Å². The number of hydrogen-bond acceptors (Lipinski definition) is 4. The van der Waals surface area contributed by atoms with Gasteiger partial charge >= 0.3 is 0 Å². The second-order valence-corrected chi connectivity index (χ2v) is 6.36. The summed E-state index contributed by atoms with van der Waals surface area (Å²) in [5.41, 5.74) is 3.56. The maximum absolute atomic E-state index is 12.6. The van der Waals surface area contributed by atoms with Crippen LogP contribution in [0.5, 0.6) is 0 Å². The van der Waals surface area contributed by atoms with Gasteiger partial charge in [-0.3, -0.25) is 9.48 Å². The van der Waals surface area contributed by atoms with Gasteiger partial charge < -0.3 is 14.8 Å². The molecule has 1 amide bonds. The van der Waals surface area contributed by atoms with Gasteiger partial charge in [0.05, 0.1) is 26.4 Å². The molecule has 0 radical (unpaired) electrons. The molecule has 2 aromatic rings. The van der Waals surface area contributed by atoms with Crippen LogP contribution in [-0.2, 0) is 35.5 Å². The standard InChI is InChI=1S/C18H22ClN3O3/c1-24-11-9-22-16-7-10-25-12-15(16)17(21-22)18(23)20-8-6-13-2-4-14(19)5-3-13/h2-5H,6-12H2,1H3,(H,20,23). The fraction of sp³-hybridized carbons (Fsp3) is 0.444. The lowest BCUT2D eigenvalue weighted by atomic mass is 10.1. The summed E-state index contributed by atoms with van der Waals surface area (Å²) >= 11 is 5.88. The van der Waals surface area contributed by atoms with Crippen molar-refractivity contribution in [1.82, 2.24) is 15.1 Å². The Hall–Kier alpha value is -1.89. The van der Waals surface area contributed by atoms with Gasteiger partial charge in [-0.05, 0) is 24.1 Å². The first kappa shape index (κ1) is 17.9. The molecule has 0 saturated heterocycles. The van der Waals surface area contributed by atoms with Gasteiger partial charge in [0.15, 0.2) is 5.69 Å². The topological polar surface area (TPSA) is 65.4 Å². The molecule has 0 spiro atoms. The van der Waals surface area contributed by atoms with E-state index in [0.717, 1.165) is 29.7 Å². The number of aromatic nitrogens is 2. The van der Waals surface area contributed by atoms with Crippen molar-refractivity contribution in [3.05, 3.63) is 51.8 Å². The second kappa shape index (κ2) is 8.47. The molecule has 1 aliphatic rings. The van der Waals surface area contributed by atoms with E-state index >= 15 is 0 Å². The van der Waals surface area contributed by atoms with Gasteiger partial charge in [0.25, 0.3) is 5.91 Å². The molecule has 0 fully saturated rings. The van der Waals surface area contributed by atoms with Gasteiger partial charge in [0.2, 0.25) is 0 Å². The average Bonchev–Trinajstić information content (AvgIpc) is 3.00. The number of rotatable bonds is 7. The second-order valence-electron chi connectivity index (χ2n) is 5.92. The Morgan fingerprint density at radius 1 is 1.40 bits per heavy atom. The summed E-state index contributed by atoms with van der Waals surface area (Å²) in [5.74, 6) is -0.160. The van der Waals surface area contributed by atoms with Gasteiger partial charge in [-0.15, -0.1) is 0 Å². The Morgan fingerprint density at radius 3 is 2.96 bits per heavy atom. The molecular formula is C18H22ClN3O3. The number of ether oxygens (including phenoxy) is 2. The van der Waals surface area contributed by atoms with Crippen molar-refractivity contribution in [3.8, 4) is 0 Å². The quantitative estimate of drug-likeness (QED) is 0.819. The molecule has 3 rings (SSSR count). The summed E-state index contributed by atoms with van der Waals surface area (Å²) < 4.78 is 12.5. The van der Waals surface area contributed by atoms with E-state index in [4.69, 9.17) is 21.1 Å². The summed E-state index contributed by atoms with van der Waals surface area (Å²) in [6.45, 7) is 2.83. The zero-order chi connectivity index (χ0) is 17.6. The van der Waals surface area contributed by atoms with E-state index in [0.29, 0.717) is 43.6 Å². The lowest BCUT2D eigenvalue weighted by Crippen LogP contribution is -2.27. The lowest BCUT2D eigenvalue weighted by molar-refractivity contribution is 0.0925. The summed E-state index contributed by atoms with van der Waals surface area (Å²) in [5, 5.41) is 8.15. The minimum absolute atomic E-state index is 0.160. The van der Waals surface area contributed by atoms with Crippen LogP contribution in [-0.4, -0.2) is 42.6 Å². The van der Waals surface area contributed by atoms with Gasteiger partial charge in [0, 0.05) is 36.4 Å². The molecule has 7 heteroatoms. The van der Waals surface area contributed by atoms with Crippen LogP contribution >= 0.6 is 11.6 Å². The Labute approximate surface area is 152 Å². The fourth-order valence-corrected chi connectivity index (χ4v) is 3.03. The number of benzene rings is 1. The molecule has 0 unspecified atom stereocenters. The number of carbonyl (C=O) groups excluding carboxylic acids is 1. The van der Waals surface area contributed by atoms with Crippen molar-refractivity contribution in [2.45, 2.75) is 26.0 Å². The predicted octanol–water partition coefficient (Wildman–Crippen LogP) is 2.23. The summed E-state index contributed by atoms with van der Waals surface area (Å²) in [6.07, 6.45) is 1.51. The number of amides is 1. The molecule has 1 aromatic heterocycles. The molecule has 6 nitrogen and oxygen atoms in total. The number of halogens is 1. The summed E-state index contributed by atoms with van der Waals surface area (Å²) in [6, 6.07) is 7.63. The summed E-state index contributed by atoms with van der Waals surface area (Å²) in [4.78, 5) is 12.6. The lowest BCUT2D eigenvalue weighted by Gasteiger charge is -2.14. The molecule has 0 bridgehead atoms. The van der Waals surface area contributed by atoms with Crippen molar-refractivity contribution in [3.63, 3.8) is 0 Å². The van der Waals surface area contributed by atoms with E-state index in [-0.39, 0.29) is 5.91 Å². The van der Waals surface area contributed by atoms with Gasteiger partial charge in [-0.25, -0.2) is 0 Å². The predicted molar refractivity (Wildman–Crippen MR) is 95.0 cm³/mol. The van der Waals surface area contributed by atoms with Crippen molar-refractivity contribution >= 4 is 17.5 Å². The number of carbonyl (C=O) groups is 1. The first-order valence-corrected chi connectivity index (χ1v) is 8.74. The van der Waals surface area contributed by atoms with Crippen LogP contribution in [0.1, 0.15) is 27.3 Å². The largest absolute Gasteiger partial charge is 0.383 e. The normalized spacial score (nSPS) is 13.5. The minimum atomic E-state index is -0.160. The number of methoxy groups -OCH3 is 1. The SMILES string of the molecule is COCCn1nc(C(=O)NCCc2ccc(Cl)cc2)c2c1CCOC2. The Morgan fingerprint density at radius 2 is 2.20 bits per heavy atom. The van der Waals surface area contributed by atoms with Gasteiger partial charge in [-0.1, -0.05) is 23.7 Å². The monoisotopic (exact) mass is 363 g/mol. The van der Waals surface area contributed by atoms with E-state index in [9.17, 15) is 4.79 Å². The van der Waals surface area contributed by atoms with Crippen molar-refractivity contribution in [2.24, 2.45) is 0 Å². The van der Waals surface area contributed by atoms with Crippen LogP contribution in [0.4, 0.5) is 0 Å². The van der Waals surface area contributed by atoms with Crippen LogP contribution in [0.3, 0.4) is 0 Å².